The first-order valence-corrected chi connectivity index (χ1v) is 8.63. The van der Waals surface area contributed by atoms with Crippen LogP contribution in [0.4, 0.5) is 10.1 Å². The van der Waals surface area contributed by atoms with Crippen molar-refractivity contribution in [1.29, 1.82) is 0 Å². The average Bonchev–Trinajstić information content (AvgIpc) is 2.63. The summed E-state index contributed by atoms with van der Waals surface area (Å²) in [4.78, 5) is 16.0. The van der Waals surface area contributed by atoms with Crippen molar-refractivity contribution in [2.45, 2.75) is 19.3 Å². The molecular weight excluding hydrogens is 355 g/mol. The van der Waals surface area contributed by atoms with Crippen molar-refractivity contribution in [1.82, 2.24) is 0 Å². The summed E-state index contributed by atoms with van der Waals surface area (Å²) < 4.78 is 13.1. The van der Waals surface area contributed by atoms with E-state index in [4.69, 9.17) is 17.3 Å². The van der Waals surface area contributed by atoms with Crippen LogP contribution in [0, 0.1) is 11.7 Å². The second kappa shape index (κ2) is 7.70. The molecular formula is C20H18ClFN2O2. The molecule has 1 unspecified atom stereocenters. The van der Waals surface area contributed by atoms with E-state index < -0.39 is 11.9 Å². The van der Waals surface area contributed by atoms with Crippen LogP contribution in [0.25, 0.3) is 5.70 Å². The first-order valence-electron chi connectivity index (χ1n) is 8.25. The molecule has 2 aromatic rings. The van der Waals surface area contributed by atoms with Gasteiger partial charge in [0.1, 0.15) is 5.82 Å². The Morgan fingerprint density at radius 3 is 2.54 bits per heavy atom. The number of aliphatic carboxylic acids is 1. The van der Waals surface area contributed by atoms with Crippen molar-refractivity contribution in [3.63, 3.8) is 0 Å². The Morgan fingerprint density at radius 2 is 1.88 bits per heavy atom. The van der Waals surface area contributed by atoms with Gasteiger partial charge in [0.2, 0.25) is 0 Å². The van der Waals surface area contributed by atoms with Gasteiger partial charge in [-0.25, -0.2) is 4.39 Å². The molecule has 0 aromatic heterocycles. The highest BCUT2D eigenvalue weighted by atomic mass is 35.5. The van der Waals surface area contributed by atoms with Crippen LogP contribution in [-0.2, 0) is 4.79 Å². The van der Waals surface area contributed by atoms with Crippen LogP contribution in [-0.4, -0.2) is 16.8 Å². The summed E-state index contributed by atoms with van der Waals surface area (Å²) in [7, 11) is 0. The molecule has 3 N–H and O–H groups in total. The molecule has 1 atom stereocenters. The molecule has 6 heteroatoms. The number of carbonyl (C=O) groups is 1. The van der Waals surface area contributed by atoms with Gasteiger partial charge >= 0.3 is 5.97 Å². The maximum absolute atomic E-state index is 13.1. The number of aliphatic imine (C=N–C) groups is 1. The van der Waals surface area contributed by atoms with Crippen LogP contribution in [0.15, 0.2) is 59.1 Å². The zero-order valence-electron chi connectivity index (χ0n) is 14.0. The molecule has 4 nitrogen and oxygen atoms in total. The number of halogens is 2. The van der Waals surface area contributed by atoms with Gasteiger partial charge in [-0.2, -0.15) is 0 Å². The highest BCUT2D eigenvalue weighted by molar-refractivity contribution is 6.32. The smallest absolute Gasteiger partial charge is 0.306 e. The predicted molar refractivity (Wildman–Crippen MR) is 101 cm³/mol. The molecule has 2 aromatic carbocycles. The number of benzene rings is 2. The third-order valence-corrected chi connectivity index (χ3v) is 4.79. The topological polar surface area (TPSA) is 75.7 Å². The molecule has 0 saturated heterocycles. The van der Waals surface area contributed by atoms with Gasteiger partial charge in [0.15, 0.2) is 0 Å². The minimum atomic E-state index is -0.854. The maximum atomic E-state index is 13.1. The van der Waals surface area contributed by atoms with Crippen LogP contribution < -0.4 is 5.73 Å². The minimum absolute atomic E-state index is 0.271. The van der Waals surface area contributed by atoms with E-state index in [9.17, 15) is 14.3 Å². The van der Waals surface area contributed by atoms with Gasteiger partial charge in [-0.15, -0.1) is 0 Å². The Labute approximate surface area is 155 Å². The largest absolute Gasteiger partial charge is 0.481 e. The second-order valence-corrected chi connectivity index (χ2v) is 6.59. The molecule has 1 saturated carbocycles. The van der Waals surface area contributed by atoms with E-state index in [-0.39, 0.29) is 12.2 Å². The highest BCUT2D eigenvalue weighted by Crippen LogP contribution is 2.33. The summed E-state index contributed by atoms with van der Waals surface area (Å²) >= 11 is 6.25. The van der Waals surface area contributed by atoms with Crippen molar-refractivity contribution < 1.29 is 14.3 Å². The van der Waals surface area contributed by atoms with Crippen LogP contribution in [0.2, 0.25) is 5.02 Å². The summed E-state index contributed by atoms with van der Waals surface area (Å²) in [5.74, 6) is -1.73. The van der Waals surface area contributed by atoms with Gasteiger partial charge in [0.05, 0.1) is 11.6 Å². The minimum Gasteiger partial charge on any atom is -0.481 e. The van der Waals surface area contributed by atoms with E-state index in [2.05, 4.69) is 4.99 Å². The predicted octanol–water partition coefficient (Wildman–Crippen LogP) is 4.81. The monoisotopic (exact) mass is 372 g/mol. The average molecular weight is 373 g/mol. The third kappa shape index (κ3) is 3.94. The molecule has 0 heterocycles. The molecule has 26 heavy (non-hydrogen) atoms. The van der Waals surface area contributed by atoms with E-state index in [1.165, 1.54) is 12.1 Å². The standard InChI is InChI=1S/C20H18ClFN2O2/c21-17-4-2-1-3-15(17)19(23)16-10-5-12(20(25)26)11-18(16)24-14-8-6-13(22)7-9-14/h1-4,6-9,12H,5,10-11,23H2,(H,25,26)/b19-16-,24-18?. The van der Waals surface area contributed by atoms with Gasteiger partial charge in [-0.3, -0.25) is 9.79 Å². The number of hydrogen-bond acceptors (Lipinski definition) is 3. The van der Waals surface area contributed by atoms with E-state index in [0.29, 0.717) is 40.5 Å². The lowest BCUT2D eigenvalue weighted by Crippen LogP contribution is -2.26. The summed E-state index contributed by atoms with van der Waals surface area (Å²) in [5.41, 5.74) is 9.51. The highest BCUT2D eigenvalue weighted by Gasteiger charge is 2.29. The second-order valence-electron chi connectivity index (χ2n) is 6.18. The SMILES string of the molecule is N/C(=C1/CCC(C(=O)O)CC1=Nc1ccc(F)cc1)c1ccccc1Cl. The molecule has 3 rings (SSSR count). The fourth-order valence-electron chi connectivity index (χ4n) is 3.05. The fourth-order valence-corrected chi connectivity index (χ4v) is 3.29. The summed E-state index contributed by atoms with van der Waals surface area (Å²) in [5, 5.41) is 9.90. The summed E-state index contributed by atoms with van der Waals surface area (Å²) in [6, 6.07) is 13.0. The Kier molecular flexibility index (Phi) is 5.38. The normalized spacial score (nSPS) is 20.8. The van der Waals surface area contributed by atoms with Crippen molar-refractivity contribution in [3.05, 3.63) is 70.5 Å². The number of rotatable bonds is 3. The van der Waals surface area contributed by atoms with Crippen molar-refractivity contribution in [2.24, 2.45) is 16.6 Å². The number of carboxylic acid groups (broad SMARTS) is 1. The van der Waals surface area contributed by atoms with Crippen LogP contribution in [0.3, 0.4) is 0 Å². The summed E-state index contributed by atoms with van der Waals surface area (Å²) in [6.07, 6.45) is 1.25. The maximum Gasteiger partial charge on any atom is 0.306 e. The van der Waals surface area contributed by atoms with Crippen LogP contribution in [0.1, 0.15) is 24.8 Å². The fraction of sp³-hybridized carbons (Fsp3) is 0.200. The molecule has 134 valence electrons. The molecule has 0 amide bonds. The van der Waals surface area contributed by atoms with Gasteiger partial charge in [-0.05, 0) is 48.7 Å². The van der Waals surface area contributed by atoms with Crippen molar-refractivity contribution in [2.75, 3.05) is 0 Å². The number of carboxylic acids is 1. The Balaban J connectivity index is 2.07. The van der Waals surface area contributed by atoms with Gasteiger partial charge in [0, 0.05) is 28.4 Å². The first-order chi connectivity index (χ1) is 12.5. The first kappa shape index (κ1) is 18.1. The van der Waals surface area contributed by atoms with Crippen molar-refractivity contribution >= 4 is 34.7 Å². The molecule has 1 aliphatic rings. The number of allylic oxidation sites excluding steroid dienone is 1. The molecule has 0 radical (unpaired) electrons. The zero-order valence-corrected chi connectivity index (χ0v) is 14.7. The lowest BCUT2D eigenvalue weighted by Gasteiger charge is -2.25. The van der Waals surface area contributed by atoms with Gasteiger partial charge < -0.3 is 10.8 Å². The molecule has 0 spiro atoms. The van der Waals surface area contributed by atoms with Gasteiger partial charge in [-0.1, -0.05) is 29.8 Å². The van der Waals surface area contributed by atoms with Gasteiger partial charge in [0.25, 0.3) is 0 Å². The molecule has 1 fully saturated rings. The summed E-state index contributed by atoms with van der Waals surface area (Å²) in [6.45, 7) is 0. The van der Waals surface area contributed by atoms with E-state index in [1.807, 2.05) is 18.2 Å². The quantitative estimate of drug-likeness (QED) is 0.812. The zero-order chi connectivity index (χ0) is 18.7. The lowest BCUT2D eigenvalue weighted by molar-refractivity contribution is -0.141. The molecule has 0 bridgehead atoms. The Morgan fingerprint density at radius 1 is 1.19 bits per heavy atom. The van der Waals surface area contributed by atoms with Crippen molar-refractivity contribution in [3.8, 4) is 0 Å². The number of nitrogens with two attached hydrogens (primary N) is 1. The van der Waals surface area contributed by atoms with E-state index in [0.717, 1.165) is 5.57 Å². The van der Waals surface area contributed by atoms with E-state index in [1.54, 1.807) is 18.2 Å². The lowest BCUT2D eigenvalue weighted by atomic mass is 9.82. The number of hydrogen-bond donors (Lipinski definition) is 2. The molecule has 1 aliphatic carbocycles. The Hall–Kier alpha value is -2.66. The third-order valence-electron chi connectivity index (χ3n) is 4.46. The molecule has 0 aliphatic heterocycles. The van der Waals surface area contributed by atoms with Crippen LogP contribution in [0.5, 0.6) is 0 Å². The Bertz CT molecular complexity index is 891. The van der Waals surface area contributed by atoms with E-state index >= 15 is 0 Å². The number of nitrogens with zero attached hydrogens (tertiary/aromatic N) is 1. The van der Waals surface area contributed by atoms with Crippen LogP contribution >= 0.6 is 11.6 Å².